The fourth-order valence-electron chi connectivity index (χ4n) is 1.52. The first kappa shape index (κ1) is 14.2. The minimum atomic E-state index is -0.603. The van der Waals surface area contributed by atoms with E-state index in [9.17, 15) is 9.18 Å². The normalized spacial score (nSPS) is 10.1. The number of rotatable bonds is 5. The molecule has 104 valence electrons. The van der Waals surface area contributed by atoms with Crippen LogP contribution in [-0.2, 0) is 0 Å². The highest BCUT2D eigenvalue weighted by Gasteiger charge is 2.11. The number of nitrogens with one attached hydrogen (secondary N) is 2. The van der Waals surface area contributed by atoms with Crippen molar-refractivity contribution in [2.24, 2.45) is 0 Å². The van der Waals surface area contributed by atoms with Crippen molar-refractivity contribution >= 4 is 23.3 Å². The van der Waals surface area contributed by atoms with Gasteiger partial charge in [0.05, 0.1) is 11.8 Å². The zero-order valence-electron chi connectivity index (χ0n) is 10.4. The van der Waals surface area contributed by atoms with Crippen LogP contribution in [0.5, 0.6) is 0 Å². The summed E-state index contributed by atoms with van der Waals surface area (Å²) in [5.74, 6) is -0.504. The molecule has 0 fully saturated rings. The number of nitrogens with zero attached hydrogens (tertiary/aromatic N) is 2. The van der Waals surface area contributed by atoms with Crippen molar-refractivity contribution in [1.82, 2.24) is 15.3 Å². The van der Waals surface area contributed by atoms with Gasteiger partial charge in [0.25, 0.3) is 5.91 Å². The first-order valence-corrected chi connectivity index (χ1v) is 6.28. The Morgan fingerprint density at radius 2 is 2.15 bits per heavy atom. The molecule has 0 spiro atoms. The van der Waals surface area contributed by atoms with Crippen LogP contribution < -0.4 is 10.6 Å². The Morgan fingerprint density at radius 3 is 2.90 bits per heavy atom. The van der Waals surface area contributed by atoms with Crippen LogP contribution in [-0.4, -0.2) is 29.0 Å². The van der Waals surface area contributed by atoms with Gasteiger partial charge in [-0.2, -0.15) is 0 Å². The summed E-state index contributed by atoms with van der Waals surface area (Å²) >= 11 is 5.73. The van der Waals surface area contributed by atoms with Gasteiger partial charge in [-0.1, -0.05) is 11.6 Å². The molecule has 0 atom stereocenters. The fourth-order valence-corrected chi connectivity index (χ4v) is 1.70. The molecule has 1 amide bonds. The Balaban J connectivity index is 1.82. The maximum Gasteiger partial charge on any atom is 0.254 e. The molecule has 0 aliphatic carbocycles. The highest BCUT2D eigenvalue weighted by atomic mass is 35.5. The molecular formula is C13H12ClFN4O. The monoisotopic (exact) mass is 294 g/mol. The topological polar surface area (TPSA) is 66.9 Å². The van der Waals surface area contributed by atoms with Crippen LogP contribution in [0.3, 0.4) is 0 Å². The minimum Gasteiger partial charge on any atom is -0.367 e. The average molecular weight is 295 g/mol. The number of carbonyl (C=O) groups is 1. The second-order valence-electron chi connectivity index (χ2n) is 3.90. The summed E-state index contributed by atoms with van der Waals surface area (Å²) in [5.41, 5.74) is -0.0722. The third-order valence-electron chi connectivity index (χ3n) is 2.45. The van der Waals surface area contributed by atoms with Gasteiger partial charge in [-0.05, 0) is 18.2 Å². The largest absolute Gasteiger partial charge is 0.367 e. The molecular weight excluding hydrogens is 283 g/mol. The lowest BCUT2D eigenvalue weighted by Crippen LogP contribution is -2.29. The van der Waals surface area contributed by atoms with E-state index in [1.165, 1.54) is 12.1 Å². The van der Waals surface area contributed by atoms with Gasteiger partial charge in [0.2, 0.25) is 0 Å². The molecule has 5 nitrogen and oxygen atoms in total. The average Bonchev–Trinajstić information content (AvgIpc) is 2.47. The van der Waals surface area contributed by atoms with Gasteiger partial charge in [-0.3, -0.25) is 9.78 Å². The number of aromatic nitrogens is 2. The number of carbonyl (C=O) groups excluding carboxylic acids is 1. The maximum absolute atomic E-state index is 13.4. The number of amides is 1. The van der Waals surface area contributed by atoms with E-state index in [1.807, 2.05) is 0 Å². The Morgan fingerprint density at radius 1 is 1.30 bits per heavy atom. The summed E-state index contributed by atoms with van der Waals surface area (Å²) < 4.78 is 13.4. The molecule has 0 saturated carbocycles. The van der Waals surface area contributed by atoms with E-state index in [4.69, 9.17) is 11.6 Å². The van der Waals surface area contributed by atoms with Gasteiger partial charge in [0.15, 0.2) is 0 Å². The number of benzene rings is 1. The van der Waals surface area contributed by atoms with Gasteiger partial charge in [0, 0.05) is 30.5 Å². The Hall–Kier alpha value is -2.21. The van der Waals surface area contributed by atoms with Crippen LogP contribution in [0.15, 0.2) is 36.8 Å². The van der Waals surface area contributed by atoms with Crippen molar-refractivity contribution < 1.29 is 9.18 Å². The molecule has 0 aliphatic rings. The van der Waals surface area contributed by atoms with Crippen LogP contribution >= 0.6 is 11.6 Å². The molecule has 1 heterocycles. The van der Waals surface area contributed by atoms with E-state index >= 15 is 0 Å². The maximum atomic E-state index is 13.4. The van der Waals surface area contributed by atoms with Crippen molar-refractivity contribution in [3.05, 3.63) is 53.2 Å². The molecule has 2 aromatic rings. The molecule has 1 aromatic carbocycles. The van der Waals surface area contributed by atoms with Crippen LogP contribution in [0.4, 0.5) is 10.2 Å². The van der Waals surface area contributed by atoms with Gasteiger partial charge in [-0.15, -0.1) is 0 Å². The molecule has 2 N–H and O–H groups in total. The highest BCUT2D eigenvalue weighted by molar-refractivity contribution is 6.30. The number of anilines is 1. The molecule has 20 heavy (non-hydrogen) atoms. The Bertz CT molecular complexity index is 594. The smallest absolute Gasteiger partial charge is 0.254 e. The standard InChI is InChI=1S/C13H12ClFN4O/c14-9-1-2-11(15)10(7-9)13(20)19-6-5-18-12-8-16-3-4-17-12/h1-4,7-8H,5-6H2,(H,17,18)(H,19,20). The fraction of sp³-hybridized carbons (Fsp3) is 0.154. The van der Waals surface area contributed by atoms with Gasteiger partial charge < -0.3 is 10.6 Å². The van der Waals surface area contributed by atoms with E-state index in [-0.39, 0.29) is 5.56 Å². The molecule has 0 saturated heterocycles. The third-order valence-corrected chi connectivity index (χ3v) is 2.69. The summed E-state index contributed by atoms with van der Waals surface area (Å²) in [6.07, 6.45) is 4.69. The molecule has 0 radical (unpaired) electrons. The number of hydrogen-bond donors (Lipinski definition) is 2. The van der Waals surface area contributed by atoms with Crippen molar-refractivity contribution in [2.75, 3.05) is 18.4 Å². The van der Waals surface area contributed by atoms with Crippen molar-refractivity contribution in [3.63, 3.8) is 0 Å². The number of halogens is 2. The van der Waals surface area contributed by atoms with Crippen LogP contribution in [0.2, 0.25) is 5.02 Å². The van der Waals surface area contributed by atoms with E-state index in [0.717, 1.165) is 6.07 Å². The van der Waals surface area contributed by atoms with Crippen LogP contribution in [0.25, 0.3) is 0 Å². The number of hydrogen-bond acceptors (Lipinski definition) is 4. The van der Waals surface area contributed by atoms with Gasteiger partial charge in [-0.25, -0.2) is 9.37 Å². The van der Waals surface area contributed by atoms with Crippen molar-refractivity contribution in [3.8, 4) is 0 Å². The van der Waals surface area contributed by atoms with Gasteiger partial charge in [0.1, 0.15) is 11.6 Å². The SMILES string of the molecule is O=C(NCCNc1cnccn1)c1cc(Cl)ccc1F. The summed E-state index contributed by atoms with van der Waals surface area (Å²) in [4.78, 5) is 19.7. The zero-order valence-corrected chi connectivity index (χ0v) is 11.2. The molecule has 7 heteroatoms. The first-order chi connectivity index (χ1) is 9.66. The Kier molecular flexibility index (Phi) is 4.84. The molecule has 0 aliphatic heterocycles. The van der Waals surface area contributed by atoms with E-state index in [0.29, 0.717) is 23.9 Å². The van der Waals surface area contributed by atoms with E-state index in [2.05, 4.69) is 20.6 Å². The molecule has 0 unspecified atom stereocenters. The van der Waals surface area contributed by atoms with Crippen LogP contribution in [0.1, 0.15) is 10.4 Å². The Labute approximate surface area is 120 Å². The quantitative estimate of drug-likeness (QED) is 0.829. The lowest BCUT2D eigenvalue weighted by atomic mass is 10.2. The lowest BCUT2D eigenvalue weighted by Gasteiger charge is -2.07. The molecule has 0 bridgehead atoms. The summed E-state index contributed by atoms with van der Waals surface area (Å²) in [6, 6.07) is 3.85. The van der Waals surface area contributed by atoms with E-state index in [1.54, 1.807) is 18.6 Å². The van der Waals surface area contributed by atoms with Gasteiger partial charge >= 0.3 is 0 Å². The van der Waals surface area contributed by atoms with Crippen LogP contribution in [0, 0.1) is 5.82 Å². The predicted molar refractivity (Wildman–Crippen MR) is 74.3 cm³/mol. The molecule has 1 aromatic heterocycles. The molecule has 2 rings (SSSR count). The second kappa shape index (κ2) is 6.81. The zero-order chi connectivity index (χ0) is 14.4. The first-order valence-electron chi connectivity index (χ1n) is 5.90. The summed E-state index contributed by atoms with van der Waals surface area (Å²) in [6.45, 7) is 0.772. The third kappa shape index (κ3) is 3.89. The summed E-state index contributed by atoms with van der Waals surface area (Å²) in [5, 5.41) is 5.87. The lowest BCUT2D eigenvalue weighted by molar-refractivity contribution is 0.0951. The van der Waals surface area contributed by atoms with Crippen molar-refractivity contribution in [1.29, 1.82) is 0 Å². The predicted octanol–water partition coefficient (Wildman–Crippen LogP) is 2.11. The highest BCUT2D eigenvalue weighted by Crippen LogP contribution is 2.14. The van der Waals surface area contributed by atoms with E-state index < -0.39 is 11.7 Å². The second-order valence-corrected chi connectivity index (χ2v) is 4.33. The van der Waals surface area contributed by atoms with Crippen molar-refractivity contribution in [2.45, 2.75) is 0 Å². The summed E-state index contributed by atoms with van der Waals surface area (Å²) in [7, 11) is 0. The minimum absolute atomic E-state index is 0.0722.